The lowest BCUT2D eigenvalue weighted by atomic mass is 9.85. The van der Waals surface area contributed by atoms with Crippen LogP contribution in [0.5, 0.6) is 0 Å². The van der Waals surface area contributed by atoms with Crippen LogP contribution in [0.15, 0.2) is 0 Å². The van der Waals surface area contributed by atoms with Crippen LogP contribution in [-0.4, -0.2) is 49.7 Å². The van der Waals surface area contributed by atoms with Gasteiger partial charge in [-0.1, -0.05) is 13.8 Å². The number of rotatable bonds is 7. The Morgan fingerprint density at radius 3 is 2.62 bits per heavy atom. The first-order valence-electron chi connectivity index (χ1n) is 6.16. The Kier molecular flexibility index (Phi) is 5.69. The van der Waals surface area contributed by atoms with Crippen LogP contribution < -0.4 is 5.32 Å². The summed E-state index contributed by atoms with van der Waals surface area (Å²) >= 11 is 0. The molecule has 4 heteroatoms. The molecule has 1 aliphatic rings. The number of nitrogens with one attached hydrogen (secondary N) is 1. The molecular weight excluding hydrogens is 206 g/mol. The highest BCUT2D eigenvalue weighted by atomic mass is 16.5. The van der Waals surface area contributed by atoms with Gasteiger partial charge in [-0.15, -0.1) is 0 Å². The van der Waals surface area contributed by atoms with E-state index >= 15 is 0 Å². The summed E-state index contributed by atoms with van der Waals surface area (Å²) in [5.74, 6) is 0.288. The van der Waals surface area contributed by atoms with Crippen molar-refractivity contribution in [1.82, 2.24) is 5.32 Å². The van der Waals surface area contributed by atoms with Crippen LogP contribution in [0.4, 0.5) is 0 Å². The molecule has 96 valence electrons. The van der Waals surface area contributed by atoms with Crippen molar-refractivity contribution in [2.24, 2.45) is 5.92 Å². The van der Waals surface area contributed by atoms with Gasteiger partial charge >= 0.3 is 0 Å². The van der Waals surface area contributed by atoms with E-state index in [0.717, 1.165) is 13.0 Å². The minimum Gasteiger partial charge on any atom is -0.392 e. The van der Waals surface area contributed by atoms with Gasteiger partial charge in [0.25, 0.3) is 0 Å². The molecule has 1 fully saturated rings. The van der Waals surface area contributed by atoms with Gasteiger partial charge in [0.05, 0.1) is 18.3 Å². The predicted molar refractivity (Wildman–Crippen MR) is 63.5 cm³/mol. The van der Waals surface area contributed by atoms with Gasteiger partial charge in [-0.2, -0.15) is 0 Å². The highest BCUT2D eigenvalue weighted by molar-refractivity contribution is 4.97. The molecule has 16 heavy (non-hydrogen) atoms. The first-order chi connectivity index (χ1) is 7.60. The summed E-state index contributed by atoms with van der Waals surface area (Å²) in [5.41, 5.74) is 0. The third-order valence-electron chi connectivity index (χ3n) is 3.26. The molecule has 0 heterocycles. The first-order valence-corrected chi connectivity index (χ1v) is 6.16. The Bertz CT molecular complexity index is 199. The largest absolute Gasteiger partial charge is 0.392 e. The van der Waals surface area contributed by atoms with E-state index in [1.54, 1.807) is 7.11 Å². The molecule has 1 aliphatic carbocycles. The van der Waals surface area contributed by atoms with E-state index in [-0.39, 0.29) is 24.2 Å². The molecule has 4 atom stereocenters. The van der Waals surface area contributed by atoms with E-state index in [1.165, 1.54) is 0 Å². The summed E-state index contributed by atoms with van der Waals surface area (Å²) in [6.07, 6.45) is 1.02. The number of ether oxygens (including phenoxy) is 2. The monoisotopic (exact) mass is 231 g/mol. The maximum Gasteiger partial charge on any atom is 0.0986 e. The van der Waals surface area contributed by atoms with Crippen molar-refractivity contribution >= 4 is 0 Å². The molecule has 0 amide bonds. The molecule has 0 aromatic rings. The second kappa shape index (κ2) is 6.55. The van der Waals surface area contributed by atoms with Crippen LogP contribution in [0.2, 0.25) is 0 Å². The van der Waals surface area contributed by atoms with Crippen LogP contribution in [0.3, 0.4) is 0 Å². The van der Waals surface area contributed by atoms with Crippen LogP contribution in [0.1, 0.15) is 27.2 Å². The Labute approximate surface area is 98.3 Å². The van der Waals surface area contributed by atoms with Crippen molar-refractivity contribution in [2.75, 3.05) is 20.3 Å². The van der Waals surface area contributed by atoms with E-state index in [1.807, 2.05) is 20.8 Å². The Balaban J connectivity index is 2.24. The fourth-order valence-corrected chi connectivity index (χ4v) is 1.98. The van der Waals surface area contributed by atoms with Gasteiger partial charge < -0.3 is 19.9 Å². The maximum atomic E-state index is 9.69. The van der Waals surface area contributed by atoms with Crippen molar-refractivity contribution in [3.8, 4) is 0 Å². The quantitative estimate of drug-likeness (QED) is 0.680. The van der Waals surface area contributed by atoms with Crippen molar-refractivity contribution in [1.29, 1.82) is 0 Å². The van der Waals surface area contributed by atoms with E-state index < -0.39 is 0 Å². The van der Waals surface area contributed by atoms with Gasteiger partial charge in [0.1, 0.15) is 0 Å². The summed E-state index contributed by atoms with van der Waals surface area (Å²) in [6, 6.07) is 0.315. The van der Waals surface area contributed by atoms with Gasteiger partial charge in [-0.05, 0) is 19.3 Å². The number of aliphatic hydroxyl groups is 1. The average Bonchev–Trinajstić information content (AvgIpc) is 2.22. The standard InChI is InChI=1S/C12H25NO3/c1-5-16-11-6-9(12(11)15-4)13-7-10(14)8(2)3/h8-14H,5-7H2,1-4H3. The molecule has 0 aromatic heterocycles. The Hall–Kier alpha value is -0.160. The van der Waals surface area contributed by atoms with Crippen LogP contribution in [-0.2, 0) is 9.47 Å². The molecular formula is C12H25NO3. The molecule has 2 N–H and O–H groups in total. The van der Waals surface area contributed by atoms with E-state index in [0.29, 0.717) is 12.6 Å². The summed E-state index contributed by atoms with van der Waals surface area (Å²) in [6.45, 7) is 7.39. The fraction of sp³-hybridized carbons (Fsp3) is 1.00. The number of methoxy groups -OCH3 is 1. The smallest absolute Gasteiger partial charge is 0.0986 e. The highest BCUT2D eigenvalue weighted by Gasteiger charge is 2.41. The van der Waals surface area contributed by atoms with Crippen molar-refractivity contribution in [3.63, 3.8) is 0 Å². The summed E-state index contributed by atoms with van der Waals surface area (Å²) in [5, 5.41) is 13.0. The molecule has 1 rings (SSSR count). The molecule has 0 aliphatic heterocycles. The van der Waals surface area contributed by atoms with Crippen LogP contribution >= 0.6 is 0 Å². The topological polar surface area (TPSA) is 50.7 Å². The summed E-state index contributed by atoms with van der Waals surface area (Å²) < 4.78 is 10.9. The molecule has 0 saturated heterocycles. The van der Waals surface area contributed by atoms with E-state index in [4.69, 9.17) is 9.47 Å². The molecule has 4 nitrogen and oxygen atoms in total. The number of hydrogen-bond donors (Lipinski definition) is 2. The zero-order valence-corrected chi connectivity index (χ0v) is 10.8. The van der Waals surface area contributed by atoms with Gasteiger partial charge in [0.2, 0.25) is 0 Å². The summed E-state index contributed by atoms with van der Waals surface area (Å²) in [7, 11) is 1.71. The third kappa shape index (κ3) is 3.42. The molecule has 1 saturated carbocycles. The van der Waals surface area contributed by atoms with E-state index in [2.05, 4.69) is 5.32 Å². The van der Waals surface area contributed by atoms with Gasteiger partial charge in [-0.25, -0.2) is 0 Å². The minimum absolute atomic E-state index is 0.124. The second-order valence-electron chi connectivity index (χ2n) is 4.76. The Morgan fingerprint density at radius 2 is 2.12 bits per heavy atom. The maximum absolute atomic E-state index is 9.69. The zero-order valence-electron chi connectivity index (χ0n) is 10.8. The first kappa shape index (κ1) is 13.9. The van der Waals surface area contributed by atoms with Gasteiger partial charge in [-0.3, -0.25) is 0 Å². The van der Waals surface area contributed by atoms with Crippen LogP contribution in [0, 0.1) is 5.92 Å². The fourth-order valence-electron chi connectivity index (χ4n) is 1.98. The lowest BCUT2D eigenvalue weighted by Gasteiger charge is -2.43. The van der Waals surface area contributed by atoms with E-state index in [9.17, 15) is 5.11 Å². The Morgan fingerprint density at radius 1 is 1.44 bits per heavy atom. The summed E-state index contributed by atoms with van der Waals surface area (Å²) in [4.78, 5) is 0. The van der Waals surface area contributed by atoms with Crippen molar-refractivity contribution < 1.29 is 14.6 Å². The normalized spacial score (nSPS) is 31.5. The zero-order chi connectivity index (χ0) is 12.1. The highest BCUT2D eigenvalue weighted by Crippen LogP contribution is 2.26. The van der Waals surface area contributed by atoms with Gasteiger partial charge in [0, 0.05) is 26.3 Å². The molecule has 0 radical (unpaired) electrons. The molecule has 0 aromatic carbocycles. The van der Waals surface area contributed by atoms with Crippen molar-refractivity contribution in [3.05, 3.63) is 0 Å². The molecule has 0 spiro atoms. The molecule has 0 bridgehead atoms. The van der Waals surface area contributed by atoms with Gasteiger partial charge in [0.15, 0.2) is 0 Å². The third-order valence-corrected chi connectivity index (χ3v) is 3.26. The SMILES string of the molecule is CCOC1CC(NCC(O)C(C)C)C1OC. The number of hydrogen-bond acceptors (Lipinski definition) is 4. The lowest BCUT2D eigenvalue weighted by molar-refractivity contribution is -0.132. The van der Waals surface area contributed by atoms with Crippen LogP contribution in [0.25, 0.3) is 0 Å². The number of aliphatic hydroxyl groups excluding tert-OH is 1. The average molecular weight is 231 g/mol. The predicted octanol–water partition coefficient (Wildman–Crippen LogP) is 0.785. The lowest BCUT2D eigenvalue weighted by Crippen LogP contribution is -2.60. The minimum atomic E-state index is -0.288. The van der Waals surface area contributed by atoms with Crippen molar-refractivity contribution in [2.45, 2.75) is 51.5 Å². The second-order valence-corrected chi connectivity index (χ2v) is 4.76. The molecule has 4 unspecified atom stereocenters.